The highest BCUT2D eigenvalue weighted by atomic mass is 32.2. The van der Waals surface area contributed by atoms with Crippen molar-refractivity contribution >= 4 is 21.4 Å². The number of anilines is 2. The highest BCUT2D eigenvalue weighted by Gasteiger charge is 2.17. The van der Waals surface area contributed by atoms with Gasteiger partial charge in [-0.3, -0.25) is 0 Å². The van der Waals surface area contributed by atoms with Crippen molar-refractivity contribution in [3.63, 3.8) is 0 Å². The summed E-state index contributed by atoms with van der Waals surface area (Å²) in [5, 5.41) is 3.19. The molecule has 0 saturated heterocycles. The number of fused-ring (bicyclic) bond motifs is 1. The minimum atomic E-state index is -3.55. The molecule has 6 heteroatoms. The van der Waals surface area contributed by atoms with Crippen LogP contribution in [0.3, 0.4) is 0 Å². The van der Waals surface area contributed by atoms with Gasteiger partial charge in [-0.1, -0.05) is 6.07 Å². The third-order valence-electron chi connectivity index (χ3n) is 2.70. The molecule has 1 aromatic carbocycles. The lowest BCUT2D eigenvalue weighted by atomic mass is 9.99. The quantitative estimate of drug-likeness (QED) is 0.591. The van der Waals surface area contributed by atoms with Crippen molar-refractivity contribution < 1.29 is 8.76 Å². The Morgan fingerprint density at radius 1 is 1.56 bits per heavy atom. The van der Waals surface area contributed by atoms with Crippen LogP contribution in [0.4, 0.5) is 11.4 Å². The predicted octanol–water partition coefficient (Wildman–Crippen LogP) is 1.65. The van der Waals surface area contributed by atoms with Crippen molar-refractivity contribution in [2.45, 2.75) is 18.6 Å². The van der Waals surface area contributed by atoms with E-state index in [1.54, 1.807) is 6.07 Å². The lowest BCUT2D eigenvalue weighted by molar-refractivity contribution is 0.547. The Kier molecular flexibility index (Phi) is 2.77. The van der Waals surface area contributed by atoms with Gasteiger partial charge in [0.15, 0.2) is 10.0 Å². The molecule has 5 N–H and O–H groups in total. The molecule has 5 nitrogen and oxygen atoms in total. The second-order valence-electron chi connectivity index (χ2n) is 3.98. The van der Waals surface area contributed by atoms with Gasteiger partial charge in [0.2, 0.25) is 0 Å². The summed E-state index contributed by atoms with van der Waals surface area (Å²) in [5.74, 6) is -0.213. The number of nitrogens with one attached hydrogen (secondary N) is 2. The second-order valence-corrected chi connectivity index (χ2v) is 5.55. The molecule has 1 aliphatic heterocycles. The largest absolute Gasteiger partial charge is 0.398 e. The van der Waals surface area contributed by atoms with E-state index in [0.717, 1.165) is 30.6 Å². The van der Waals surface area contributed by atoms with Crippen LogP contribution in [0.2, 0.25) is 0 Å². The first-order valence-corrected chi connectivity index (χ1v) is 6.79. The molecule has 16 heavy (non-hydrogen) atoms. The Hall–Kier alpha value is -1.27. The molecule has 1 unspecified atom stereocenters. The lowest BCUT2D eigenvalue weighted by Gasteiger charge is -2.22. The summed E-state index contributed by atoms with van der Waals surface area (Å²) in [5.41, 5.74) is 8.82. The first kappa shape index (κ1) is 11.2. The molecule has 88 valence electrons. The molecule has 0 saturated carbocycles. The maximum absolute atomic E-state index is 11.1. The van der Waals surface area contributed by atoms with Gasteiger partial charge in [-0.25, -0.2) is 8.99 Å². The number of nitrogen functional groups attached to an aromatic ring is 1. The summed E-state index contributed by atoms with van der Waals surface area (Å²) < 4.78 is 27.3. The van der Waals surface area contributed by atoms with Crippen LogP contribution in [0.5, 0.6) is 0 Å². The third kappa shape index (κ3) is 2.28. The molecule has 0 bridgehead atoms. The number of aryl methyl sites for hydroxylation is 1. The second kappa shape index (κ2) is 3.95. The molecule has 0 aliphatic carbocycles. The van der Waals surface area contributed by atoms with Crippen molar-refractivity contribution in [3.8, 4) is 0 Å². The summed E-state index contributed by atoms with van der Waals surface area (Å²) in [6, 6.07) is 3.68. The molecule has 1 heterocycles. The lowest BCUT2D eigenvalue weighted by Crippen LogP contribution is -2.16. The van der Waals surface area contributed by atoms with Crippen LogP contribution in [-0.2, 0) is 22.2 Å². The average molecular weight is 241 g/mol. The summed E-state index contributed by atoms with van der Waals surface area (Å²) in [4.78, 5) is 0. The number of rotatable bonds is 2. The Bertz CT molecular complexity index is 511. The van der Waals surface area contributed by atoms with Crippen LogP contribution in [0.1, 0.15) is 17.5 Å². The van der Waals surface area contributed by atoms with Gasteiger partial charge in [0.1, 0.15) is 0 Å². The van der Waals surface area contributed by atoms with E-state index in [9.17, 15) is 4.21 Å². The first-order valence-electron chi connectivity index (χ1n) is 5.10. The normalized spacial score (nSPS) is 18.3. The molecule has 1 aromatic rings. The van der Waals surface area contributed by atoms with Crippen molar-refractivity contribution in [3.05, 3.63) is 23.3 Å². The zero-order valence-corrected chi connectivity index (χ0v) is 9.64. The standard InChI is InChI=1S/C10H15N3O2S/c11-9-4-3-7-2-1-5-13-10(7)8(9)6-16(12,14)15/h3-4,13H,1-2,5-6,11H2,(H2,12,14,15). The van der Waals surface area contributed by atoms with Crippen LogP contribution in [0.25, 0.3) is 0 Å². The number of benzene rings is 1. The van der Waals surface area contributed by atoms with Crippen LogP contribution in [-0.4, -0.2) is 15.3 Å². The SMILES string of the molecule is N=S(=O)(O)Cc1c(N)ccc2c1NCCC2. The Labute approximate surface area is 94.8 Å². The summed E-state index contributed by atoms with van der Waals surface area (Å²) >= 11 is 0. The van der Waals surface area contributed by atoms with Gasteiger partial charge in [0.05, 0.1) is 5.75 Å². The average Bonchev–Trinajstić information content (AvgIpc) is 2.21. The van der Waals surface area contributed by atoms with Gasteiger partial charge in [0, 0.05) is 23.5 Å². The zero-order chi connectivity index (χ0) is 11.8. The smallest absolute Gasteiger partial charge is 0.162 e. The maximum Gasteiger partial charge on any atom is 0.162 e. The Morgan fingerprint density at radius 3 is 3.00 bits per heavy atom. The van der Waals surface area contributed by atoms with Gasteiger partial charge in [-0.05, 0) is 24.5 Å². The molecule has 2 rings (SSSR count). The van der Waals surface area contributed by atoms with Gasteiger partial charge in [-0.2, -0.15) is 0 Å². The van der Waals surface area contributed by atoms with E-state index in [-0.39, 0.29) is 5.75 Å². The van der Waals surface area contributed by atoms with Crippen molar-refractivity contribution in [1.29, 1.82) is 4.78 Å². The molecular weight excluding hydrogens is 226 g/mol. The van der Waals surface area contributed by atoms with E-state index in [4.69, 9.17) is 15.1 Å². The Morgan fingerprint density at radius 2 is 2.31 bits per heavy atom. The highest BCUT2D eigenvalue weighted by molar-refractivity contribution is 7.86. The van der Waals surface area contributed by atoms with Gasteiger partial charge >= 0.3 is 0 Å². The maximum atomic E-state index is 11.1. The van der Waals surface area contributed by atoms with E-state index in [0.29, 0.717) is 11.3 Å². The Balaban J connectivity index is 2.50. The molecule has 1 atom stereocenters. The fraction of sp³-hybridized carbons (Fsp3) is 0.400. The number of hydrogen-bond acceptors (Lipinski definition) is 4. The number of hydrogen-bond donors (Lipinski definition) is 4. The topological polar surface area (TPSA) is 99.2 Å². The van der Waals surface area contributed by atoms with Crippen LogP contribution in [0.15, 0.2) is 12.1 Å². The highest BCUT2D eigenvalue weighted by Crippen LogP contribution is 2.31. The summed E-state index contributed by atoms with van der Waals surface area (Å²) in [6.45, 7) is 0.841. The van der Waals surface area contributed by atoms with Gasteiger partial charge in [-0.15, -0.1) is 0 Å². The number of nitrogens with two attached hydrogens (primary N) is 1. The van der Waals surface area contributed by atoms with E-state index >= 15 is 0 Å². The van der Waals surface area contributed by atoms with Crippen LogP contribution in [0, 0.1) is 4.78 Å². The van der Waals surface area contributed by atoms with Crippen molar-refractivity contribution in [2.24, 2.45) is 0 Å². The summed E-state index contributed by atoms with van der Waals surface area (Å²) in [7, 11) is -3.55. The van der Waals surface area contributed by atoms with Gasteiger partial charge in [0.25, 0.3) is 0 Å². The van der Waals surface area contributed by atoms with Gasteiger partial charge < -0.3 is 15.6 Å². The molecule has 1 aliphatic rings. The van der Waals surface area contributed by atoms with Crippen molar-refractivity contribution in [1.82, 2.24) is 0 Å². The first-order chi connectivity index (χ1) is 7.47. The van der Waals surface area contributed by atoms with Crippen molar-refractivity contribution in [2.75, 3.05) is 17.6 Å². The molecule has 0 radical (unpaired) electrons. The third-order valence-corrected chi connectivity index (χ3v) is 3.38. The molecule has 0 fully saturated rings. The van der Waals surface area contributed by atoms with E-state index < -0.39 is 10.0 Å². The van der Waals surface area contributed by atoms with E-state index in [2.05, 4.69) is 5.32 Å². The molecular formula is C10H15N3O2S. The molecule has 0 amide bonds. The van der Waals surface area contributed by atoms with E-state index in [1.807, 2.05) is 6.07 Å². The molecule has 0 aromatic heterocycles. The minimum absolute atomic E-state index is 0.213. The fourth-order valence-corrected chi connectivity index (χ4v) is 2.69. The predicted molar refractivity (Wildman–Crippen MR) is 64.9 cm³/mol. The minimum Gasteiger partial charge on any atom is -0.398 e. The zero-order valence-electron chi connectivity index (χ0n) is 8.82. The van der Waals surface area contributed by atoms with Crippen LogP contribution >= 0.6 is 0 Å². The molecule has 0 spiro atoms. The fourth-order valence-electron chi connectivity index (χ4n) is 1.98. The van der Waals surface area contributed by atoms with Crippen LogP contribution < -0.4 is 11.1 Å². The summed E-state index contributed by atoms with van der Waals surface area (Å²) in [6.07, 6.45) is 1.99. The van der Waals surface area contributed by atoms with E-state index in [1.165, 1.54) is 0 Å². The monoisotopic (exact) mass is 241 g/mol.